The van der Waals surface area contributed by atoms with Crippen molar-refractivity contribution in [3.63, 3.8) is 0 Å². The number of anilines is 1. The standard InChI is InChI=1S/C25H23ClN2O3S2/c26-20-8-10-21(11-9-20)33(29,30)24-25(31-23(27-24)22-7-4-16-32-22)28-14-12-19(13-15-28)17-18-5-2-1-3-6-18/h1-11,16,19H,12-15,17H2. The maximum Gasteiger partial charge on any atom is 0.240 e. The molecular formula is C25H23ClN2O3S2. The first-order valence-corrected chi connectivity index (χ1v) is 13.6. The number of thiophene rings is 1. The molecule has 1 aliphatic rings. The third-order valence-corrected chi connectivity index (χ3v) is 8.74. The molecule has 4 aromatic rings. The minimum Gasteiger partial charge on any atom is -0.418 e. The molecule has 2 aromatic heterocycles. The molecule has 1 saturated heterocycles. The van der Waals surface area contributed by atoms with Crippen LogP contribution in [0.2, 0.25) is 5.02 Å². The number of sulfone groups is 1. The molecular weight excluding hydrogens is 476 g/mol. The Morgan fingerprint density at radius 3 is 2.39 bits per heavy atom. The van der Waals surface area contributed by atoms with Crippen molar-refractivity contribution in [1.82, 2.24) is 4.98 Å². The Labute approximate surface area is 202 Å². The number of halogens is 1. The normalized spacial score (nSPS) is 15.1. The lowest BCUT2D eigenvalue weighted by Crippen LogP contribution is -2.34. The van der Waals surface area contributed by atoms with Gasteiger partial charge in [-0.15, -0.1) is 11.3 Å². The number of rotatable bonds is 6. The molecule has 5 rings (SSSR count). The fourth-order valence-corrected chi connectivity index (χ4v) is 6.29. The average Bonchev–Trinajstić information content (AvgIpc) is 3.51. The zero-order chi connectivity index (χ0) is 22.8. The number of benzene rings is 2. The van der Waals surface area contributed by atoms with E-state index in [-0.39, 0.29) is 9.92 Å². The zero-order valence-corrected chi connectivity index (χ0v) is 20.2. The lowest BCUT2D eigenvalue weighted by molar-refractivity contribution is 0.388. The second-order valence-electron chi connectivity index (χ2n) is 8.18. The molecule has 0 bridgehead atoms. The maximum absolute atomic E-state index is 13.5. The molecule has 3 heterocycles. The molecule has 0 aliphatic carbocycles. The molecule has 8 heteroatoms. The molecule has 2 aromatic carbocycles. The predicted molar refractivity (Wildman–Crippen MR) is 132 cm³/mol. The molecule has 33 heavy (non-hydrogen) atoms. The predicted octanol–water partition coefficient (Wildman–Crippen LogP) is 6.35. The third-order valence-electron chi connectivity index (χ3n) is 5.96. The number of hydrogen-bond acceptors (Lipinski definition) is 6. The van der Waals surface area contributed by atoms with Gasteiger partial charge in [-0.3, -0.25) is 0 Å². The van der Waals surface area contributed by atoms with Crippen LogP contribution < -0.4 is 4.90 Å². The van der Waals surface area contributed by atoms with Gasteiger partial charge in [0.2, 0.25) is 26.6 Å². The quantitative estimate of drug-likeness (QED) is 0.310. The van der Waals surface area contributed by atoms with Crippen LogP contribution >= 0.6 is 22.9 Å². The molecule has 0 radical (unpaired) electrons. The van der Waals surface area contributed by atoms with Gasteiger partial charge in [-0.1, -0.05) is 48.0 Å². The van der Waals surface area contributed by atoms with Crippen LogP contribution in [0.15, 0.2) is 86.4 Å². The van der Waals surface area contributed by atoms with E-state index < -0.39 is 9.84 Å². The SMILES string of the molecule is O=S(=O)(c1ccc(Cl)cc1)c1nc(-c2cccs2)oc1N1CCC(Cc2ccccc2)CC1. The summed E-state index contributed by atoms with van der Waals surface area (Å²) < 4.78 is 33.1. The van der Waals surface area contributed by atoms with Crippen LogP contribution in [0.4, 0.5) is 5.88 Å². The average molecular weight is 499 g/mol. The highest BCUT2D eigenvalue weighted by atomic mass is 35.5. The fraction of sp³-hybridized carbons (Fsp3) is 0.240. The smallest absolute Gasteiger partial charge is 0.240 e. The van der Waals surface area contributed by atoms with Crippen molar-refractivity contribution in [2.45, 2.75) is 29.2 Å². The Kier molecular flexibility index (Phi) is 6.27. The first-order valence-electron chi connectivity index (χ1n) is 10.8. The molecule has 0 saturated carbocycles. The van der Waals surface area contributed by atoms with Gasteiger partial charge >= 0.3 is 0 Å². The lowest BCUT2D eigenvalue weighted by atomic mass is 9.90. The van der Waals surface area contributed by atoms with Crippen LogP contribution in [0.3, 0.4) is 0 Å². The highest BCUT2D eigenvalue weighted by Crippen LogP contribution is 2.38. The molecule has 1 aliphatic heterocycles. The lowest BCUT2D eigenvalue weighted by Gasteiger charge is -2.32. The Morgan fingerprint density at radius 1 is 1.00 bits per heavy atom. The van der Waals surface area contributed by atoms with E-state index >= 15 is 0 Å². The third kappa shape index (κ3) is 4.71. The van der Waals surface area contributed by atoms with Crippen molar-refractivity contribution in [1.29, 1.82) is 0 Å². The van der Waals surface area contributed by atoms with Crippen molar-refractivity contribution in [2.24, 2.45) is 5.92 Å². The highest BCUT2D eigenvalue weighted by Gasteiger charge is 2.33. The van der Waals surface area contributed by atoms with Gasteiger partial charge in [0, 0.05) is 18.1 Å². The van der Waals surface area contributed by atoms with Gasteiger partial charge in [0.25, 0.3) is 0 Å². The summed E-state index contributed by atoms with van der Waals surface area (Å²) in [6, 6.07) is 20.4. The fourth-order valence-electron chi connectivity index (χ4n) is 4.19. The van der Waals surface area contributed by atoms with Gasteiger partial charge in [0.15, 0.2) is 0 Å². The molecule has 0 amide bonds. The molecule has 170 valence electrons. The number of nitrogens with zero attached hydrogens (tertiary/aromatic N) is 2. The van der Waals surface area contributed by atoms with E-state index in [4.69, 9.17) is 16.0 Å². The Balaban J connectivity index is 1.44. The van der Waals surface area contributed by atoms with Gasteiger partial charge < -0.3 is 9.32 Å². The summed E-state index contributed by atoms with van der Waals surface area (Å²) in [4.78, 5) is 7.44. The van der Waals surface area contributed by atoms with Crippen LogP contribution in [-0.2, 0) is 16.3 Å². The van der Waals surface area contributed by atoms with Crippen molar-refractivity contribution >= 4 is 38.7 Å². The van der Waals surface area contributed by atoms with E-state index in [1.807, 2.05) is 28.5 Å². The summed E-state index contributed by atoms with van der Waals surface area (Å²) in [6.07, 6.45) is 2.95. The first kappa shape index (κ1) is 22.2. The van der Waals surface area contributed by atoms with Gasteiger partial charge in [0.1, 0.15) is 0 Å². The van der Waals surface area contributed by atoms with Crippen molar-refractivity contribution < 1.29 is 12.8 Å². The summed E-state index contributed by atoms with van der Waals surface area (Å²) in [6.45, 7) is 1.44. The summed E-state index contributed by atoms with van der Waals surface area (Å²) in [7, 11) is -3.87. The van der Waals surface area contributed by atoms with E-state index in [1.165, 1.54) is 29.0 Å². The molecule has 1 fully saturated rings. The second kappa shape index (κ2) is 9.33. The molecule has 0 N–H and O–H groups in total. The topological polar surface area (TPSA) is 63.4 Å². The Hall–Kier alpha value is -2.61. The molecule has 0 unspecified atom stereocenters. The van der Waals surface area contributed by atoms with Crippen LogP contribution in [-0.4, -0.2) is 26.5 Å². The zero-order valence-electron chi connectivity index (χ0n) is 17.9. The Morgan fingerprint density at radius 2 is 1.73 bits per heavy atom. The van der Waals surface area contributed by atoms with E-state index in [9.17, 15) is 8.42 Å². The number of oxazole rings is 1. The Bertz CT molecular complexity index is 1310. The van der Waals surface area contributed by atoms with Gasteiger partial charge in [-0.2, -0.15) is 4.98 Å². The van der Waals surface area contributed by atoms with Crippen molar-refractivity contribution in [3.05, 3.63) is 82.7 Å². The second-order valence-corrected chi connectivity index (χ2v) is 11.4. The van der Waals surface area contributed by atoms with Crippen molar-refractivity contribution in [2.75, 3.05) is 18.0 Å². The maximum atomic E-state index is 13.5. The largest absolute Gasteiger partial charge is 0.418 e. The summed E-state index contributed by atoms with van der Waals surface area (Å²) in [5.74, 6) is 1.21. The summed E-state index contributed by atoms with van der Waals surface area (Å²) in [5, 5.41) is 2.37. The summed E-state index contributed by atoms with van der Waals surface area (Å²) >= 11 is 7.44. The van der Waals surface area contributed by atoms with Crippen molar-refractivity contribution in [3.8, 4) is 10.8 Å². The van der Waals surface area contributed by atoms with E-state index in [0.717, 1.165) is 37.2 Å². The minimum atomic E-state index is -3.87. The van der Waals surface area contributed by atoms with Crippen LogP contribution in [0.5, 0.6) is 0 Å². The number of aromatic nitrogens is 1. The number of hydrogen-bond donors (Lipinski definition) is 0. The van der Waals surface area contributed by atoms with E-state index in [1.54, 1.807) is 12.1 Å². The number of piperidine rings is 1. The molecule has 0 atom stereocenters. The van der Waals surface area contributed by atoms with Gasteiger partial charge in [-0.25, -0.2) is 8.42 Å². The van der Waals surface area contributed by atoms with E-state index in [0.29, 0.717) is 22.7 Å². The van der Waals surface area contributed by atoms with Crippen LogP contribution in [0, 0.1) is 5.92 Å². The highest BCUT2D eigenvalue weighted by molar-refractivity contribution is 7.91. The van der Waals surface area contributed by atoms with Crippen LogP contribution in [0.1, 0.15) is 18.4 Å². The minimum absolute atomic E-state index is 0.0327. The van der Waals surface area contributed by atoms with Crippen LogP contribution in [0.25, 0.3) is 10.8 Å². The van der Waals surface area contributed by atoms with E-state index in [2.05, 4.69) is 29.2 Å². The molecule has 5 nitrogen and oxygen atoms in total. The monoisotopic (exact) mass is 498 g/mol. The summed E-state index contributed by atoms with van der Waals surface area (Å²) in [5.41, 5.74) is 1.33. The van der Waals surface area contributed by atoms with Gasteiger partial charge in [0.05, 0.1) is 9.77 Å². The van der Waals surface area contributed by atoms with Gasteiger partial charge in [-0.05, 0) is 66.5 Å². The molecule has 0 spiro atoms. The first-order chi connectivity index (χ1) is 16.0.